The molecular weight excluding hydrogens is 370 g/mol. The van der Waals surface area contributed by atoms with E-state index in [-0.39, 0.29) is 18.0 Å². The minimum Gasteiger partial charge on any atom is -0.493 e. The van der Waals surface area contributed by atoms with Crippen molar-refractivity contribution in [2.75, 3.05) is 20.8 Å². The van der Waals surface area contributed by atoms with Gasteiger partial charge in [-0.15, -0.1) is 0 Å². The first-order valence-electron chi connectivity index (χ1n) is 9.22. The highest BCUT2D eigenvalue weighted by Gasteiger charge is 2.10. The second kappa shape index (κ2) is 9.54. The lowest BCUT2D eigenvalue weighted by Crippen LogP contribution is -2.34. The van der Waals surface area contributed by atoms with Crippen molar-refractivity contribution in [3.8, 4) is 22.8 Å². The summed E-state index contributed by atoms with van der Waals surface area (Å²) < 4.78 is 11.7. The molecule has 0 aliphatic heterocycles. The molecule has 0 radical (unpaired) electrons. The number of nitrogens with zero attached hydrogens (tertiary/aromatic N) is 2. The number of carbonyl (C=O) groups excluding carboxylic acids is 1. The van der Waals surface area contributed by atoms with E-state index in [0.717, 1.165) is 22.2 Å². The molecule has 0 fully saturated rings. The zero-order chi connectivity index (χ0) is 20.6. The Bertz CT molecular complexity index is 1030. The lowest BCUT2D eigenvalue weighted by molar-refractivity contribution is -0.121. The van der Waals surface area contributed by atoms with Crippen molar-refractivity contribution in [2.45, 2.75) is 13.0 Å². The van der Waals surface area contributed by atoms with E-state index in [1.807, 2.05) is 36.4 Å². The zero-order valence-electron chi connectivity index (χ0n) is 16.4. The standard InChI is InChI=1S/C22H23N3O4/c1-28-19-10-8-17(14-20(19)29-2)18-9-11-22(27)25(24-18)15-21(26)23-13-12-16-6-4-3-5-7-16/h3-11,14H,12-13,15H2,1-2H3,(H,23,26). The highest BCUT2D eigenvalue weighted by molar-refractivity contribution is 5.75. The van der Waals surface area contributed by atoms with Gasteiger partial charge in [-0.2, -0.15) is 5.10 Å². The molecule has 7 heteroatoms. The number of aromatic nitrogens is 2. The number of rotatable bonds is 8. The Labute approximate surface area is 168 Å². The summed E-state index contributed by atoms with van der Waals surface area (Å²) in [5.74, 6) is 0.894. The fraction of sp³-hybridized carbons (Fsp3) is 0.227. The third-order valence-corrected chi connectivity index (χ3v) is 4.42. The van der Waals surface area contributed by atoms with Crippen molar-refractivity contribution < 1.29 is 14.3 Å². The molecule has 1 N–H and O–H groups in total. The lowest BCUT2D eigenvalue weighted by atomic mass is 10.1. The molecule has 7 nitrogen and oxygen atoms in total. The lowest BCUT2D eigenvalue weighted by Gasteiger charge is -2.11. The van der Waals surface area contributed by atoms with Crippen LogP contribution in [0.3, 0.4) is 0 Å². The molecule has 2 aromatic carbocycles. The van der Waals surface area contributed by atoms with Crippen LogP contribution >= 0.6 is 0 Å². The maximum atomic E-state index is 12.2. The van der Waals surface area contributed by atoms with E-state index < -0.39 is 0 Å². The Morgan fingerprint density at radius 1 is 1.00 bits per heavy atom. The Kier molecular flexibility index (Phi) is 6.63. The van der Waals surface area contributed by atoms with E-state index in [4.69, 9.17) is 9.47 Å². The normalized spacial score (nSPS) is 10.4. The van der Waals surface area contributed by atoms with E-state index in [1.165, 1.54) is 6.07 Å². The van der Waals surface area contributed by atoms with Crippen molar-refractivity contribution >= 4 is 5.91 Å². The SMILES string of the molecule is COc1ccc(-c2ccc(=O)n(CC(=O)NCCc3ccccc3)n2)cc1OC. The molecule has 0 atom stereocenters. The van der Waals surface area contributed by atoms with Crippen LogP contribution in [-0.4, -0.2) is 36.5 Å². The minimum absolute atomic E-state index is 0.144. The number of methoxy groups -OCH3 is 2. The number of amides is 1. The number of carbonyl (C=O) groups is 1. The van der Waals surface area contributed by atoms with Gasteiger partial charge in [0.05, 0.1) is 19.9 Å². The van der Waals surface area contributed by atoms with Crippen molar-refractivity contribution in [2.24, 2.45) is 0 Å². The summed E-state index contributed by atoms with van der Waals surface area (Å²) in [7, 11) is 3.11. The fourth-order valence-corrected chi connectivity index (χ4v) is 2.89. The number of hydrogen-bond acceptors (Lipinski definition) is 5. The maximum Gasteiger partial charge on any atom is 0.267 e. The molecule has 1 aromatic heterocycles. The van der Waals surface area contributed by atoms with E-state index in [0.29, 0.717) is 23.7 Å². The summed E-state index contributed by atoms with van der Waals surface area (Å²) in [5.41, 5.74) is 2.11. The second-order valence-corrected chi connectivity index (χ2v) is 6.37. The van der Waals surface area contributed by atoms with Crippen LogP contribution in [0.4, 0.5) is 0 Å². The number of benzene rings is 2. The molecule has 0 aliphatic carbocycles. The molecule has 0 unspecified atom stereocenters. The van der Waals surface area contributed by atoms with E-state index in [9.17, 15) is 9.59 Å². The van der Waals surface area contributed by atoms with Crippen molar-refractivity contribution in [1.82, 2.24) is 15.1 Å². The second-order valence-electron chi connectivity index (χ2n) is 6.37. The maximum absolute atomic E-state index is 12.2. The highest BCUT2D eigenvalue weighted by Crippen LogP contribution is 2.31. The van der Waals surface area contributed by atoms with E-state index >= 15 is 0 Å². The van der Waals surface area contributed by atoms with E-state index in [1.54, 1.807) is 32.4 Å². The first-order chi connectivity index (χ1) is 14.1. The Morgan fingerprint density at radius 3 is 2.48 bits per heavy atom. The molecule has 0 saturated heterocycles. The van der Waals surface area contributed by atoms with Gasteiger partial charge >= 0.3 is 0 Å². The van der Waals surface area contributed by atoms with Crippen molar-refractivity contribution in [3.05, 3.63) is 76.6 Å². The largest absolute Gasteiger partial charge is 0.493 e. The van der Waals surface area contributed by atoms with Crippen LogP contribution in [0.25, 0.3) is 11.3 Å². The van der Waals surface area contributed by atoms with Gasteiger partial charge in [0.1, 0.15) is 6.54 Å². The number of nitrogens with one attached hydrogen (secondary N) is 1. The monoisotopic (exact) mass is 393 g/mol. The molecule has 0 saturated carbocycles. The fourth-order valence-electron chi connectivity index (χ4n) is 2.89. The Balaban J connectivity index is 1.69. The van der Waals surface area contributed by atoms with Crippen LogP contribution in [0.2, 0.25) is 0 Å². The predicted octanol–water partition coefficient (Wildman–Crippen LogP) is 2.29. The van der Waals surface area contributed by atoms with Crippen LogP contribution in [0.5, 0.6) is 11.5 Å². The molecule has 0 spiro atoms. The summed E-state index contributed by atoms with van der Waals surface area (Å²) in [4.78, 5) is 24.4. The quantitative estimate of drug-likeness (QED) is 0.635. The smallest absolute Gasteiger partial charge is 0.267 e. The van der Waals surface area contributed by atoms with Crippen LogP contribution in [-0.2, 0) is 17.8 Å². The summed E-state index contributed by atoms with van der Waals surface area (Å²) in [6.45, 7) is 0.349. The van der Waals surface area contributed by atoms with Gasteiger partial charge in [0.2, 0.25) is 5.91 Å². The Hall–Kier alpha value is -3.61. The molecule has 1 amide bonds. The van der Waals surface area contributed by atoms with Gasteiger partial charge in [0.15, 0.2) is 11.5 Å². The first kappa shape index (κ1) is 20.1. The van der Waals surface area contributed by atoms with Crippen LogP contribution in [0, 0.1) is 0 Å². The van der Waals surface area contributed by atoms with Crippen molar-refractivity contribution in [1.29, 1.82) is 0 Å². The molecule has 3 aromatic rings. The molecule has 1 heterocycles. The molecule has 0 aliphatic rings. The zero-order valence-corrected chi connectivity index (χ0v) is 16.4. The van der Waals surface area contributed by atoms with Gasteiger partial charge in [-0.25, -0.2) is 4.68 Å². The minimum atomic E-state index is -0.340. The summed E-state index contributed by atoms with van der Waals surface area (Å²) in [6, 6.07) is 18.3. The van der Waals surface area contributed by atoms with E-state index in [2.05, 4.69) is 10.4 Å². The van der Waals surface area contributed by atoms with Crippen molar-refractivity contribution in [3.63, 3.8) is 0 Å². The van der Waals surface area contributed by atoms with Gasteiger partial charge in [-0.05, 0) is 36.2 Å². The highest BCUT2D eigenvalue weighted by atomic mass is 16.5. The molecule has 3 rings (SSSR count). The molecule has 150 valence electrons. The molecule has 29 heavy (non-hydrogen) atoms. The average Bonchev–Trinajstić information content (AvgIpc) is 2.75. The van der Waals surface area contributed by atoms with Crippen LogP contribution in [0.15, 0.2) is 65.5 Å². The van der Waals surface area contributed by atoms with Gasteiger partial charge in [-0.3, -0.25) is 9.59 Å². The van der Waals surface area contributed by atoms with Crippen LogP contribution < -0.4 is 20.3 Å². The summed E-state index contributed by atoms with van der Waals surface area (Å²) >= 11 is 0. The third kappa shape index (κ3) is 5.22. The number of hydrogen-bond donors (Lipinski definition) is 1. The van der Waals surface area contributed by atoms with Gasteiger partial charge in [0, 0.05) is 18.2 Å². The third-order valence-electron chi connectivity index (χ3n) is 4.42. The first-order valence-corrected chi connectivity index (χ1v) is 9.22. The van der Waals surface area contributed by atoms with Gasteiger partial charge < -0.3 is 14.8 Å². The average molecular weight is 393 g/mol. The predicted molar refractivity (Wildman–Crippen MR) is 110 cm³/mol. The topological polar surface area (TPSA) is 82.5 Å². The molecular formula is C22H23N3O4. The number of ether oxygens (including phenoxy) is 2. The summed E-state index contributed by atoms with van der Waals surface area (Å²) in [5, 5.41) is 7.15. The summed E-state index contributed by atoms with van der Waals surface area (Å²) in [6.07, 6.45) is 0.723. The van der Waals surface area contributed by atoms with Gasteiger partial charge in [-0.1, -0.05) is 30.3 Å². The van der Waals surface area contributed by atoms with Crippen LogP contribution in [0.1, 0.15) is 5.56 Å². The molecule has 0 bridgehead atoms. The van der Waals surface area contributed by atoms with Gasteiger partial charge in [0.25, 0.3) is 5.56 Å². The Morgan fingerprint density at radius 2 is 1.76 bits per heavy atom.